The molecule has 0 aliphatic heterocycles. The van der Waals surface area contributed by atoms with Crippen molar-refractivity contribution in [3.63, 3.8) is 0 Å². The van der Waals surface area contributed by atoms with Crippen LogP contribution >= 0.6 is 0 Å². The first-order valence-corrected chi connectivity index (χ1v) is 6.11. The van der Waals surface area contributed by atoms with Crippen LogP contribution in [-0.2, 0) is 6.54 Å². The van der Waals surface area contributed by atoms with E-state index in [0.29, 0.717) is 12.2 Å². The van der Waals surface area contributed by atoms with Gasteiger partial charge in [-0.25, -0.2) is 18.2 Å². The van der Waals surface area contributed by atoms with Crippen molar-refractivity contribution >= 4 is 0 Å². The predicted molar refractivity (Wildman–Crippen MR) is 68.4 cm³/mol. The van der Waals surface area contributed by atoms with Crippen molar-refractivity contribution in [3.05, 3.63) is 41.5 Å². The summed E-state index contributed by atoms with van der Waals surface area (Å²) < 4.78 is 44.7. The Morgan fingerprint density at radius 1 is 1.15 bits per heavy atom. The van der Waals surface area contributed by atoms with Crippen molar-refractivity contribution in [2.24, 2.45) is 0 Å². The molecule has 1 aromatic heterocycles. The number of nitrogens with zero attached hydrogens (tertiary/aromatic N) is 1. The summed E-state index contributed by atoms with van der Waals surface area (Å²) >= 11 is 0. The SMILES string of the molecule is CC(C)(C)NCc1coc(-c2ccc(F)c(F)c2F)n1. The Labute approximate surface area is 114 Å². The van der Waals surface area contributed by atoms with Crippen LogP contribution < -0.4 is 5.32 Å². The van der Waals surface area contributed by atoms with E-state index in [1.54, 1.807) is 0 Å². The van der Waals surface area contributed by atoms with E-state index < -0.39 is 17.5 Å². The van der Waals surface area contributed by atoms with Gasteiger partial charge in [0.05, 0.1) is 11.3 Å². The lowest BCUT2D eigenvalue weighted by atomic mass is 10.1. The van der Waals surface area contributed by atoms with E-state index in [9.17, 15) is 13.2 Å². The van der Waals surface area contributed by atoms with Crippen molar-refractivity contribution in [1.82, 2.24) is 10.3 Å². The standard InChI is InChI=1S/C14H15F3N2O/c1-14(2,3)18-6-8-7-20-13(19-8)9-4-5-10(15)12(17)11(9)16/h4-5,7,18H,6H2,1-3H3. The average molecular weight is 284 g/mol. The van der Waals surface area contributed by atoms with E-state index in [1.165, 1.54) is 6.26 Å². The minimum absolute atomic E-state index is 0.0768. The third-order valence-corrected chi connectivity index (χ3v) is 2.62. The molecule has 0 aliphatic carbocycles. The fourth-order valence-corrected chi connectivity index (χ4v) is 1.56. The second kappa shape index (κ2) is 5.28. The van der Waals surface area contributed by atoms with E-state index in [1.807, 2.05) is 20.8 Å². The monoisotopic (exact) mass is 284 g/mol. The summed E-state index contributed by atoms with van der Waals surface area (Å²) in [7, 11) is 0. The van der Waals surface area contributed by atoms with Crippen LogP contribution in [0.3, 0.4) is 0 Å². The molecule has 3 nitrogen and oxygen atoms in total. The molecule has 0 aliphatic rings. The number of aromatic nitrogens is 1. The van der Waals surface area contributed by atoms with Gasteiger partial charge in [-0.15, -0.1) is 0 Å². The van der Waals surface area contributed by atoms with Gasteiger partial charge in [0, 0.05) is 12.1 Å². The Bertz CT molecular complexity index is 617. The van der Waals surface area contributed by atoms with Crippen LogP contribution in [0.1, 0.15) is 26.5 Å². The second-order valence-corrected chi connectivity index (χ2v) is 5.47. The molecule has 0 bridgehead atoms. The van der Waals surface area contributed by atoms with Crippen LogP contribution in [0.5, 0.6) is 0 Å². The summed E-state index contributed by atoms with van der Waals surface area (Å²) in [4.78, 5) is 4.06. The Balaban J connectivity index is 2.23. The van der Waals surface area contributed by atoms with E-state index in [-0.39, 0.29) is 17.0 Å². The Morgan fingerprint density at radius 3 is 2.50 bits per heavy atom. The molecule has 20 heavy (non-hydrogen) atoms. The van der Waals surface area contributed by atoms with Gasteiger partial charge in [0.25, 0.3) is 0 Å². The molecule has 2 aromatic rings. The molecule has 108 valence electrons. The predicted octanol–water partition coefficient (Wildman–Crippen LogP) is 3.65. The zero-order chi connectivity index (χ0) is 14.9. The lowest BCUT2D eigenvalue weighted by Gasteiger charge is -2.19. The molecule has 0 radical (unpaired) electrons. The molecule has 1 heterocycles. The zero-order valence-electron chi connectivity index (χ0n) is 11.4. The molecular formula is C14H15F3N2O. The quantitative estimate of drug-likeness (QED) is 0.874. The van der Waals surface area contributed by atoms with Crippen LogP contribution in [0.2, 0.25) is 0 Å². The summed E-state index contributed by atoms with van der Waals surface area (Å²) in [5, 5.41) is 3.19. The Hall–Kier alpha value is -1.82. The number of nitrogens with one attached hydrogen (secondary N) is 1. The van der Waals surface area contributed by atoms with Crippen molar-refractivity contribution in [3.8, 4) is 11.5 Å². The van der Waals surface area contributed by atoms with Crippen molar-refractivity contribution in [1.29, 1.82) is 0 Å². The number of hydrogen-bond donors (Lipinski definition) is 1. The van der Waals surface area contributed by atoms with Gasteiger partial charge in [-0.1, -0.05) is 0 Å². The Morgan fingerprint density at radius 2 is 1.85 bits per heavy atom. The highest BCUT2D eigenvalue weighted by Gasteiger charge is 2.18. The lowest BCUT2D eigenvalue weighted by Crippen LogP contribution is -2.35. The van der Waals surface area contributed by atoms with Gasteiger partial charge >= 0.3 is 0 Å². The first-order valence-electron chi connectivity index (χ1n) is 6.11. The van der Waals surface area contributed by atoms with Crippen molar-refractivity contribution in [2.75, 3.05) is 0 Å². The van der Waals surface area contributed by atoms with Crippen LogP contribution in [-0.4, -0.2) is 10.5 Å². The molecule has 0 amide bonds. The average Bonchev–Trinajstić information content (AvgIpc) is 2.81. The maximum absolute atomic E-state index is 13.6. The van der Waals surface area contributed by atoms with Crippen LogP contribution in [0, 0.1) is 17.5 Å². The second-order valence-electron chi connectivity index (χ2n) is 5.47. The number of oxazole rings is 1. The summed E-state index contributed by atoms with van der Waals surface area (Å²) in [5.41, 5.74) is 0.247. The molecule has 0 spiro atoms. The normalized spacial score (nSPS) is 11.9. The molecule has 0 fully saturated rings. The molecule has 0 saturated heterocycles. The van der Waals surface area contributed by atoms with Crippen LogP contribution in [0.4, 0.5) is 13.2 Å². The Kier molecular flexibility index (Phi) is 3.85. The summed E-state index contributed by atoms with van der Waals surface area (Å²) in [5.74, 6) is -4.16. The van der Waals surface area contributed by atoms with Gasteiger partial charge in [0.1, 0.15) is 6.26 Å². The molecule has 0 atom stereocenters. The lowest BCUT2D eigenvalue weighted by molar-refractivity contribution is 0.421. The van der Waals surface area contributed by atoms with Crippen LogP contribution in [0.25, 0.3) is 11.5 Å². The number of rotatable bonds is 3. The maximum Gasteiger partial charge on any atom is 0.229 e. The third-order valence-electron chi connectivity index (χ3n) is 2.62. The van der Waals surface area contributed by atoms with Gasteiger partial charge in [0.2, 0.25) is 5.89 Å². The topological polar surface area (TPSA) is 38.1 Å². The molecule has 2 rings (SSSR count). The van der Waals surface area contributed by atoms with Gasteiger partial charge in [-0.3, -0.25) is 0 Å². The van der Waals surface area contributed by atoms with E-state index in [2.05, 4.69) is 10.3 Å². The number of benzene rings is 1. The highest BCUT2D eigenvalue weighted by atomic mass is 19.2. The fraction of sp³-hybridized carbons (Fsp3) is 0.357. The minimum Gasteiger partial charge on any atom is -0.444 e. The molecule has 1 N–H and O–H groups in total. The van der Waals surface area contributed by atoms with Crippen LogP contribution in [0.15, 0.2) is 22.8 Å². The first kappa shape index (κ1) is 14.6. The van der Waals surface area contributed by atoms with Gasteiger partial charge in [-0.05, 0) is 32.9 Å². The highest BCUT2D eigenvalue weighted by molar-refractivity contribution is 5.54. The molecular weight excluding hydrogens is 269 g/mol. The van der Waals surface area contributed by atoms with Crippen molar-refractivity contribution < 1.29 is 17.6 Å². The van der Waals surface area contributed by atoms with E-state index >= 15 is 0 Å². The maximum atomic E-state index is 13.6. The largest absolute Gasteiger partial charge is 0.444 e. The van der Waals surface area contributed by atoms with Crippen molar-refractivity contribution in [2.45, 2.75) is 32.9 Å². The van der Waals surface area contributed by atoms with Gasteiger partial charge in [-0.2, -0.15) is 0 Å². The van der Waals surface area contributed by atoms with E-state index in [0.717, 1.165) is 12.1 Å². The fourth-order valence-electron chi connectivity index (χ4n) is 1.56. The molecule has 1 aromatic carbocycles. The third kappa shape index (κ3) is 3.19. The summed E-state index contributed by atoms with van der Waals surface area (Å²) in [6.45, 7) is 6.40. The first-order chi connectivity index (χ1) is 9.28. The smallest absolute Gasteiger partial charge is 0.229 e. The highest BCUT2D eigenvalue weighted by Crippen LogP contribution is 2.25. The van der Waals surface area contributed by atoms with Gasteiger partial charge in [0.15, 0.2) is 17.5 Å². The number of hydrogen-bond acceptors (Lipinski definition) is 3. The number of halogens is 3. The molecule has 0 saturated carbocycles. The minimum atomic E-state index is -1.53. The van der Waals surface area contributed by atoms with E-state index in [4.69, 9.17) is 4.42 Å². The summed E-state index contributed by atoms with van der Waals surface area (Å²) in [6, 6.07) is 1.94. The zero-order valence-corrected chi connectivity index (χ0v) is 11.4. The molecule has 0 unspecified atom stereocenters. The van der Waals surface area contributed by atoms with Gasteiger partial charge < -0.3 is 9.73 Å². The molecule has 6 heteroatoms. The summed E-state index contributed by atoms with van der Waals surface area (Å²) in [6.07, 6.45) is 1.36.